The first-order valence-corrected chi connectivity index (χ1v) is 13.7. The molecule has 0 amide bonds. The van der Waals surface area contributed by atoms with E-state index >= 15 is 0 Å². The maximum Gasteiger partial charge on any atom is 0.329 e. The third-order valence-electron chi connectivity index (χ3n) is 7.09. The lowest BCUT2D eigenvalue weighted by Crippen LogP contribution is -2.35. The van der Waals surface area contributed by atoms with Crippen LogP contribution in [-0.2, 0) is 22.4 Å². The van der Waals surface area contributed by atoms with Crippen LogP contribution in [0, 0.1) is 11.3 Å². The second-order valence-electron chi connectivity index (χ2n) is 9.56. The maximum absolute atomic E-state index is 14.1. The summed E-state index contributed by atoms with van der Waals surface area (Å²) in [5.74, 6) is -0.426. The quantitative estimate of drug-likeness (QED) is 0.334. The van der Waals surface area contributed by atoms with Crippen LogP contribution >= 0.6 is 11.3 Å². The van der Waals surface area contributed by atoms with Crippen molar-refractivity contribution in [1.29, 1.82) is 5.26 Å². The molecule has 196 valence electrons. The van der Waals surface area contributed by atoms with Crippen LogP contribution in [-0.4, -0.2) is 43.0 Å². The molecule has 0 saturated heterocycles. The van der Waals surface area contributed by atoms with Crippen LogP contribution in [0.2, 0.25) is 0 Å². The van der Waals surface area contributed by atoms with E-state index in [2.05, 4.69) is 23.1 Å². The molecule has 38 heavy (non-hydrogen) atoms. The Bertz CT molecular complexity index is 1560. The van der Waals surface area contributed by atoms with Crippen LogP contribution in [0.1, 0.15) is 66.8 Å². The predicted molar refractivity (Wildman–Crippen MR) is 143 cm³/mol. The molecule has 1 fully saturated rings. The minimum absolute atomic E-state index is 0.0452. The fourth-order valence-corrected chi connectivity index (χ4v) is 6.38. The number of aryl methyl sites for hydroxylation is 1. The van der Waals surface area contributed by atoms with Gasteiger partial charge in [-0.25, -0.2) is 9.31 Å². The number of rotatable bonds is 9. The predicted octanol–water partition coefficient (Wildman–Crippen LogP) is 4.62. The highest BCUT2D eigenvalue weighted by atomic mass is 32.1. The molecule has 1 aliphatic carbocycles. The minimum atomic E-state index is -0.975. The molecule has 1 aromatic carbocycles. The van der Waals surface area contributed by atoms with E-state index in [1.807, 2.05) is 40.9 Å². The minimum Gasteiger partial charge on any atom is -0.480 e. The van der Waals surface area contributed by atoms with Gasteiger partial charge < -0.3 is 9.84 Å². The number of carbonyl (C=O) groups is 1. The van der Waals surface area contributed by atoms with E-state index in [9.17, 15) is 14.9 Å². The number of nitriles is 1. The molecular weight excluding hydrogens is 502 g/mol. The average Bonchev–Trinajstić information content (AvgIpc) is 3.60. The van der Waals surface area contributed by atoms with Crippen molar-refractivity contribution in [2.45, 2.75) is 64.0 Å². The number of hydrogen-bond donors (Lipinski definition) is 1. The molecular formula is C28H29N5O4S. The zero-order chi connectivity index (χ0) is 26.6. The first kappa shape index (κ1) is 25.8. The SMILES string of the molecule is CCCc1c(Cc2ccc(-c3ccccc3C#N)s2)c(=O)n([C@H]2CC[C@H](OCC(=O)O)CC2)c2ncnn12. The van der Waals surface area contributed by atoms with Crippen LogP contribution in [0.3, 0.4) is 0 Å². The second kappa shape index (κ2) is 11.3. The van der Waals surface area contributed by atoms with Gasteiger partial charge >= 0.3 is 5.97 Å². The molecule has 5 rings (SSSR count). The number of carboxylic acids is 1. The van der Waals surface area contributed by atoms with Gasteiger partial charge in [-0.05, 0) is 50.3 Å². The largest absolute Gasteiger partial charge is 0.480 e. The standard InChI is InChI=1S/C28H29N5O4S/c1-2-5-24-23(14-21-12-13-25(38-21)22-7-4-3-6-18(22)15-29)27(36)32(28-30-17-31-33(24)28)19-8-10-20(11-9-19)37-16-26(34)35/h3-4,6-7,12-13,17,19-20H,2,5,8-11,14,16H2,1H3,(H,34,35)/t19-,20-. The summed E-state index contributed by atoms with van der Waals surface area (Å²) in [7, 11) is 0. The maximum atomic E-state index is 14.1. The van der Waals surface area contributed by atoms with E-state index in [0.29, 0.717) is 49.9 Å². The van der Waals surface area contributed by atoms with Crippen molar-refractivity contribution in [3.8, 4) is 16.5 Å². The topological polar surface area (TPSA) is 123 Å². The average molecular weight is 532 g/mol. The molecule has 0 bridgehead atoms. The molecule has 3 aromatic heterocycles. The lowest BCUT2D eigenvalue weighted by atomic mass is 9.92. The van der Waals surface area contributed by atoms with Crippen molar-refractivity contribution in [2.75, 3.05) is 6.61 Å². The van der Waals surface area contributed by atoms with Gasteiger partial charge in [-0.3, -0.25) is 9.36 Å². The lowest BCUT2D eigenvalue weighted by molar-refractivity contribution is -0.145. The Morgan fingerprint density at radius 2 is 2.00 bits per heavy atom. The summed E-state index contributed by atoms with van der Waals surface area (Å²) in [5, 5.41) is 22.9. The number of hydrogen-bond acceptors (Lipinski definition) is 7. The summed E-state index contributed by atoms with van der Waals surface area (Å²) in [4.78, 5) is 31.5. The van der Waals surface area contributed by atoms with E-state index < -0.39 is 5.97 Å². The van der Waals surface area contributed by atoms with Crippen molar-refractivity contribution >= 4 is 23.1 Å². The highest BCUT2D eigenvalue weighted by Gasteiger charge is 2.28. The molecule has 4 aromatic rings. The van der Waals surface area contributed by atoms with Crippen LogP contribution in [0.15, 0.2) is 47.5 Å². The normalized spacial score (nSPS) is 17.5. The Hall–Kier alpha value is -3.81. The Labute approximate surface area is 224 Å². The molecule has 0 radical (unpaired) electrons. The Balaban J connectivity index is 1.49. The van der Waals surface area contributed by atoms with Crippen molar-refractivity contribution in [3.05, 3.63) is 74.8 Å². The van der Waals surface area contributed by atoms with Gasteiger partial charge in [-0.2, -0.15) is 15.3 Å². The smallest absolute Gasteiger partial charge is 0.329 e. The van der Waals surface area contributed by atoms with Crippen molar-refractivity contribution in [2.24, 2.45) is 0 Å². The summed E-state index contributed by atoms with van der Waals surface area (Å²) in [5.41, 5.74) is 3.08. The van der Waals surface area contributed by atoms with Crippen molar-refractivity contribution in [3.63, 3.8) is 0 Å². The molecule has 0 atom stereocenters. The number of fused-ring (bicyclic) bond motifs is 1. The molecule has 3 heterocycles. The van der Waals surface area contributed by atoms with Gasteiger partial charge in [-0.1, -0.05) is 31.5 Å². The van der Waals surface area contributed by atoms with E-state index in [-0.39, 0.29) is 24.3 Å². The summed E-state index contributed by atoms with van der Waals surface area (Å²) < 4.78 is 9.10. The molecule has 9 nitrogen and oxygen atoms in total. The number of aliphatic carboxylic acids is 1. The van der Waals surface area contributed by atoms with Crippen LogP contribution in [0.5, 0.6) is 0 Å². The fourth-order valence-electron chi connectivity index (χ4n) is 5.32. The molecule has 10 heteroatoms. The zero-order valence-electron chi connectivity index (χ0n) is 21.2. The first-order chi connectivity index (χ1) is 18.5. The Kier molecular flexibility index (Phi) is 7.67. The van der Waals surface area contributed by atoms with E-state index in [1.54, 1.807) is 15.9 Å². The highest BCUT2D eigenvalue weighted by Crippen LogP contribution is 2.33. The monoisotopic (exact) mass is 531 g/mol. The molecule has 1 N–H and O–H groups in total. The van der Waals surface area contributed by atoms with Crippen molar-refractivity contribution < 1.29 is 14.6 Å². The van der Waals surface area contributed by atoms with E-state index in [1.165, 1.54) is 6.33 Å². The van der Waals surface area contributed by atoms with Crippen molar-refractivity contribution in [1.82, 2.24) is 19.2 Å². The van der Waals surface area contributed by atoms with Gasteiger partial charge in [0.15, 0.2) is 0 Å². The third-order valence-corrected chi connectivity index (χ3v) is 8.21. The number of ether oxygens (including phenoxy) is 1. The third kappa shape index (κ3) is 5.12. The molecule has 0 unspecified atom stereocenters. The number of carboxylic acid groups (broad SMARTS) is 1. The lowest BCUT2D eigenvalue weighted by Gasteiger charge is -2.30. The molecule has 0 spiro atoms. The second-order valence-corrected chi connectivity index (χ2v) is 10.7. The van der Waals surface area contributed by atoms with E-state index in [4.69, 9.17) is 9.84 Å². The first-order valence-electron chi connectivity index (χ1n) is 12.9. The van der Waals surface area contributed by atoms with Crippen LogP contribution < -0.4 is 5.56 Å². The van der Waals surface area contributed by atoms with Gasteiger partial charge in [0.25, 0.3) is 5.56 Å². The summed E-state index contributed by atoms with van der Waals surface area (Å²) in [6.45, 7) is 1.78. The molecule has 1 aliphatic rings. The zero-order valence-corrected chi connectivity index (χ0v) is 22.0. The van der Waals surface area contributed by atoms with E-state index in [0.717, 1.165) is 33.0 Å². The van der Waals surface area contributed by atoms with Crippen LogP contribution in [0.25, 0.3) is 16.2 Å². The number of nitrogens with zero attached hydrogens (tertiary/aromatic N) is 5. The van der Waals surface area contributed by atoms with Gasteiger partial charge in [0, 0.05) is 33.3 Å². The summed E-state index contributed by atoms with van der Waals surface area (Å²) >= 11 is 1.59. The number of thiophene rings is 1. The Morgan fingerprint density at radius 3 is 2.74 bits per heavy atom. The van der Waals surface area contributed by atoms with Crippen LogP contribution in [0.4, 0.5) is 0 Å². The van der Waals surface area contributed by atoms with Gasteiger partial charge in [-0.15, -0.1) is 11.3 Å². The van der Waals surface area contributed by atoms with Gasteiger partial charge in [0.1, 0.15) is 12.9 Å². The Morgan fingerprint density at radius 1 is 1.21 bits per heavy atom. The molecule has 1 saturated carbocycles. The molecule has 0 aliphatic heterocycles. The summed E-state index contributed by atoms with van der Waals surface area (Å²) in [6.07, 6.45) is 6.19. The van der Waals surface area contributed by atoms with Gasteiger partial charge in [0.05, 0.1) is 23.4 Å². The van der Waals surface area contributed by atoms with Gasteiger partial charge in [0.2, 0.25) is 5.78 Å². The highest BCUT2D eigenvalue weighted by molar-refractivity contribution is 7.15. The number of benzene rings is 1. The fraction of sp³-hybridized carbons (Fsp3) is 0.393. The number of aromatic nitrogens is 4. The summed E-state index contributed by atoms with van der Waals surface area (Å²) in [6, 6.07) is 13.8.